The number of amides is 3. The molecule has 28 heavy (non-hydrogen) atoms. The number of phenols is 1. The third-order valence-electron chi connectivity index (χ3n) is 5.30. The minimum atomic E-state index is -1.42. The summed E-state index contributed by atoms with van der Waals surface area (Å²) in [6.07, 6.45) is 0.391. The Morgan fingerprint density at radius 3 is 2.46 bits per heavy atom. The van der Waals surface area contributed by atoms with Crippen LogP contribution in [0, 0.1) is 0 Å². The summed E-state index contributed by atoms with van der Waals surface area (Å²) in [5.41, 5.74) is -0.0621. The summed E-state index contributed by atoms with van der Waals surface area (Å²) in [5, 5.41) is 12.3. The zero-order valence-electron chi connectivity index (χ0n) is 15.7. The highest BCUT2D eigenvalue weighted by molar-refractivity contribution is 6.18. The highest BCUT2D eigenvalue weighted by Crippen LogP contribution is 2.45. The molecule has 2 N–H and O–H groups in total. The van der Waals surface area contributed by atoms with Crippen LogP contribution in [-0.2, 0) is 9.59 Å². The fourth-order valence-corrected chi connectivity index (χ4v) is 4.18. The molecule has 1 saturated heterocycles. The van der Waals surface area contributed by atoms with Gasteiger partial charge >= 0.3 is 0 Å². The normalized spacial score (nSPS) is 21.0. The second kappa shape index (κ2) is 6.37. The maximum Gasteiger partial charge on any atom is 0.271 e. The summed E-state index contributed by atoms with van der Waals surface area (Å²) in [4.78, 5) is 42.6. The summed E-state index contributed by atoms with van der Waals surface area (Å²) < 4.78 is 0. The Hall–Kier alpha value is -3.35. The predicted octanol–water partition coefficient (Wildman–Crippen LogP) is 2.72. The number of anilines is 2. The van der Waals surface area contributed by atoms with Crippen LogP contribution in [0.4, 0.5) is 11.4 Å². The molecule has 0 saturated carbocycles. The van der Waals surface area contributed by atoms with Crippen LogP contribution in [0.25, 0.3) is 0 Å². The average molecular weight is 379 g/mol. The van der Waals surface area contributed by atoms with Gasteiger partial charge in [-0.3, -0.25) is 19.3 Å². The Kier molecular flexibility index (Phi) is 4.10. The smallest absolute Gasteiger partial charge is 0.271 e. The lowest BCUT2D eigenvalue weighted by atomic mass is 9.94. The van der Waals surface area contributed by atoms with Gasteiger partial charge in [-0.2, -0.15) is 0 Å². The molecule has 2 aliphatic rings. The van der Waals surface area contributed by atoms with E-state index in [1.54, 1.807) is 36.4 Å². The average Bonchev–Trinajstić information content (AvgIpc) is 3.02. The number of phenolic OH excluding ortho intramolecular Hbond substituents is 1. The Balaban J connectivity index is 1.85. The van der Waals surface area contributed by atoms with Crippen LogP contribution in [0.3, 0.4) is 0 Å². The molecule has 7 heteroatoms. The zero-order valence-corrected chi connectivity index (χ0v) is 15.7. The first kappa shape index (κ1) is 18.0. The monoisotopic (exact) mass is 379 g/mol. The summed E-state index contributed by atoms with van der Waals surface area (Å²) in [5.74, 6) is -0.816. The molecule has 0 aromatic heterocycles. The SMILES string of the molecule is CC(C)N1C(=O)c2ccccc2N2C(=O)CC[C@]21C(=O)Nc1ccc(O)cc1. The van der Waals surface area contributed by atoms with Crippen LogP contribution in [0.2, 0.25) is 0 Å². The van der Waals surface area contributed by atoms with E-state index in [2.05, 4.69) is 5.32 Å². The van der Waals surface area contributed by atoms with Crippen LogP contribution in [0.15, 0.2) is 48.5 Å². The van der Waals surface area contributed by atoms with Crippen molar-refractivity contribution in [2.24, 2.45) is 0 Å². The van der Waals surface area contributed by atoms with Gasteiger partial charge in [-0.1, -0.05) is 12.1 Å². The van der Waals surface area contributed by atoms with Crippen LogP contribution in [0.1, 0.15) is 37.0 Å². The van der Waals surface area contributed by atoms with Gasteiger partial charge in [-0.25, -0.2) is 0 Å². The maximum atomic E-state index is 13.5. The number of hydrogen-bond acceptors (Lipinski definition) is 4. The largest absolute Gasteiger partial charge is 0.508 e. The van der Waals surface area contributed by atoms with Gasteiger partial charge in [0.25, 0.3) is 11.8 Å². The van der Waals surface area contributed by atoms with Crippen LogP contribution in [0.5, 0.6) is 5.75 Å². The van der Waals surface area contributed by atoms with Crippen LogP contribution >= 0.6 is 0 Å². The van der Waals surface area contributed by atoms with Gasteiger partial charge in [0.05, 0.1) is 11.3 Å². The number of nitrogens with one attached hydrogen (secondary N) is 1. The van der Waals surface area contributed by atoms with Crippen molar-refractivity contribution in [3.05, 3.63) is 54.1 Å². The van der Waals surface area contributed by atoms with Crippen molar-refractivity contribution in [3.8, 4) is 5.75 Å². The first-order valence-electron chi connectivity index (χ1n) is 9.22. The lowest BCUT2D eigenvalue weighted by molar-refractivity contribution is -0.129. The van der Waals surface area contributed by atoms with Crippen molar-refractivity contribution in [2.45, 2.75) is 38.4 Å². The fraction of sp³-hybridized carbons (Fsp3) is 0.286. The van der Waals surface area contributed by atoms with E-state index in [0.717, 1.165) is 0 Å². The molecule has 1 atom stereocenters. The van der Waals surface area contributed by atoms with E-state index in [0.29, 0.717) is 16.9 Å². The molecule has 1 fully saturated rings. The van der Waals surface area contributed by atoms with Crippen molar-refractivity contribution in [2.75, 3.05) is 10.2 Å². The van der Waals surface area contributed by atoms with Gasteiger partial charge < -0.3 is 15.3 Å². The highest BCUT2D eigenvalue weighted by Gasteiger charge is 2.61. The topological polar surface area (TPSA) is 90.0 Å². The van der Waals surface area contributed by atoms with E-state index < -0.39 is 11.6 Å². The molecule has 0 radical (unpaired) electrons. The van der Waals surface area contributed by atoms with Crippen molar-refractivity contribution in [3.63, 3.8) is 0 Å². The standard InChI is InChI=1S/C21H21N3O4/c1-13(2)23-19(27)16-5-3-4-6-17(16)24-18(26)11-12-21(23,24)20(28)22-14-7-9-15(25)10-8-14/h3-10,13,25H,11-12H2,1-2H3,(H,22,28)/t21-/m1/s1. The van der Waals surface area contributed by atoms with E-state index >= 15 is 0 Å². The lowest BCUT2D eigenvalue weighted by Crippen LogP contribution is -2.70. The highest BCUT2D eigenvalue weighted by atomic mass is 16.3. The fourth-order valence-electron chi connectivity index (χ4n) is 4.18. The van der Waals surface area contributed by atoms with Crippen molar-refractivity contribution in [1.29, 1.82) is 0 Å². The molecule has 2 aromatic carbocycles. The molecule has 2 heterocycles. The van der Waals surface area contributed by atoms with Crippen molar-refractivity contribution >= 4 is 29.1 Å². The molecule has 0 unspecified atom stereocenters. The molecule has 2 aromatic rings. The Bertz CT molecular complexity index is 970. The molecule has 144 valence electrons. The van der Waals surface area contributed by atoms with E-state index in [9.17, 15) is 19.5 Å². The van der Waals surface area contributed by atoms with Gasteiger partial charge in [-0.05, 0) is 50.2 Å². The van der Waals surface area contributed by atoms with Crippen LogP contribution < -0.4 is 10.2 Å². The Morgan fingerprint density at radius 2 is 1.79 bits per heavy atom. The van der Waals surface area contributed by atoms with E-state index in [1.165, 1.54) is 21.9 Å². The van der Waals surface area contributed by atoms with E-state index in [4.69, 9.17) is 0 Å². The molecule has 4 rings (SSSR count). The number of fused-ring (bicyclic) bond motifs is 3. The summed E-state index contributed by atoms with van der Waals surface area (Å²) >= 11 is 0. The second-order valence-electron chi connectivity index (χ2n) is 7.33. The lowest BCUT2D eigenvalue weighted by Gasteiger charge is -2.50. The minimum absolute atomic E-state index is 0.0828. The molecular formula is C21H21N3O4. The van der Waals surface area contributed by atoms with Crippen LogP contribution in [-0.4, -0.2) is 39.4 Å². The van der Waals surface area contributed by atoms with E-state index in [1.807, 2.05) is 13.8 Å². The van der Waals surface area contributed by atoms with Gasteiger partial charge in [0.15, 0.2) is 0 Å². The number of carbonyl (C=O) groups is 3. The molecule has 0 bridgehead atoms. The third kappa shape index (κ3) is 2.46. The van der Waals surface area contributed by atoms with Gasteiger partial charge in [-0.15, -0.1) is 0 Å². The number of hydrogen-bond donors (Lipinski definition) is 2. The summed E-state index contributed by atoms with van der Waals surface area (Å²) in [6.45, 7) is 3.67. The second-order valence-corrected chi connectivity index (χ2v) is 7.33. The van der Waals surface area contributed by atoms with E-state index in [-0.39, 0.29) is 36.4 Å². The minimum Gasteiger partial charge on any atom is -0.508 e. The molecular weight excluding hydrogens is 358 g/mol. The number of para-hydroxylation sites is 1. The quantitative estimate of drug-likeness (QED) is 0.803. The van der Waals surface area contributed by atoms with Crippen molar-refractivity contribution in [1.82, 2.24) is 4.90 Å². The zero-order chi connectivity index (χ0) is 20.1. The first-order chi connectivity index (χ1) is 13.4. The van der Waals surface area contributed by atoms with Gasteiger partial charge in [0.1, 0.15) is 5.75 Å². The number of rotatable bonds is 3. The number of aromatic hydroxyl groups is 1. The first-order valence-corrected chi connectivity index (χ1v) is 9.22. The molecule has 0 aliphatic carbocycles. The molecule has 2 aliphatic heterocycles. The maximum absolute atomic E-state index is 13.5. The predicted molar refractivity (Wildman–Crippen MR) is 104 cm³/mol. The number of benzene rings is 2. The molecule has 0 spiro atoms. The Morgan fingerprint density at radius 1 is 1.11 bits per heavy atom. The summed E-state index contributed by atoms with van der Waals surface area (Å²) in [6, 6.07) is 12.7. The molecule has 7 nitrogen and oxygen atoms in total. The van der Waals surface area contributed by atoms with Gasteiger partial charge in [0.2, 0.25) is 11.6 Å². The van der Waals surface area contributed by atoms with Gasteiger partial charge in [0, 0.05) is 24.6 Å². The third-order valence-corrected chi connectivity index (χ3v) is 5.30. The number of carbonyl (C=O) groups excluding carboxylic acids is 3. The Labute approximate surface area is 162 Å². The van der Waals surface area contributed by atoms with Crippen molar-refractivity contribution < 1.29 is 19.5 Å². The molecule has 3 amide bonds. The summed E-state index contributed by atoms with van der Waals surface area (Å²) in [7, 11) is 0. The number of nitrogens with zero attached hydrogens (tertiary/aromatic N) is 2.